The topological polar surface area (TPSA) is 57.5 Å². The van der Waals surface area contributed by atoms with Gasteiger partial charge in [-0.25, -0.2) is 0 Å². The number of aliphatic hydroxyl groups is 1. The van der Waals surface area contributed by atoms with Crippen molar-refractivity contribution < 1.29 is 15.0 Å². The number of allylic oxidation sites excluding steroid dienone is 1. The largest absolute Gasteiger partial charge is 0.481 e. The van der Waals surface area contributed by atoms with Crippen LogP contribution in [0.25, 0.3) is 0 Å². The van der Waals surface area contributed by atoms with Gasteiger partial charge in [-0.05, 0) is 109 Å². The predicted octanol–water partition coefficient (Wildman–Crippen LogP) is 7.23. The lowest BCUT2D eigenvalue weighted by molar-refractivity contribution is -0.229. The molecule has 0 aromatic heterocycles. The molecule has 0 bridgehead atoms. The Bertz CT molecular complexity index is 885. The van der Waals surface area contributed by atoms with Crippen molar-refractivity contribution in [3.05, 3.63) is 11.6 Å². The fourth-order valence-corrected chi connectivity index (χ4v) is 10.7. The van der Waals surface area contributed by atoms with Crippen molar-refractivity contribution in [3.8, 4) is 0 Å². The number of hydrogen-bond donors (Lipinski definition) is 2. The lowest BCUT2D eigenvalue weighted by Crippen LogP contribution is -2.66. The average Bonchev–Trinajstić information content (AvgIpc) is 2.71. The molecular formula is C30H48O3. The Morgan fingerprint density at radius 3 is 2.12 bits per heavy atom. The van der Waals surface area contributed by atoms with Gasteiger partial charge in [0, 0.05) is 0 Å². The standard InChI is InChI=1S/C30H48O3/c1-25(2)14-16-30(24(32)33)17-15-28(6)19(20(30)18-25)8-9-22-27(5)12-11-23(31)26(3,4)21(27)10-13-29(22,28)7/h18-19,21-23,31H,8-17H2,1-7H3,(H,32,33)/t19-,21+,22-,23-,27+,28-,29-,30+/m1/s1. The van der Waals surface area contributed by atoms with Crippen LogP contribution in [0.2, 0.25) is 0 Å². The van der Waals surface area contributed by atoms with Crippen molar-refractivity contribution in [2.45, 2.75) is 119 Å². The lowest BCUT2D eigenvalue weighted by atomic mass is 9.32. The second-order valence-electron chi connectivity index (χ2n) is 15.0. The summed E-state index contributed by atoms with van der Waals surface area (Å²) in [6.45, 7) is 16.9. The Morgan fingerprint density at radius 1 is 0.788 bits per heavy atom. The molecule has 2 N–H and O–H groups in total. The SMILES string of the molecule is CC1(C)C=C2[C@H]3CC[C@@H]4[C@@]5(C)CC[C@@H](O)C(C)(C)[C@@H]5CC[C@@]4(C)[C@]3(C)CC[C@@]2(C(=O)O)CC1. The summed E-state index contributed by atoms with van der Waals surface area (Å²) in [4.78, 5) is 12.7. The Balaban J connectivity index is 1.58. The summed E-state index contributed by atoms with van der Waals surface area (Å²) in [5.74, 6) is 1.05. The first-order chi connectivity index (χ1) is 15.1. The van der Waals surface area contributed by atoms with E-state index in [1.54, 1.807) is 0 Å². The van der Waals surface area contributed by atoms with Gasteiger partial charge in [-0.1, -0.05) is 60.1 Å². The molecule has 3 heteroatoms. The molecule has 186 valence electrons. The molecule has 0 radical (unpaired) electrons. The molecule has 0 saturated heterocycles. The Labute approximate surface area is 201 Å². The highest BCUT2D eigenvalue weighted by Gasteiger charge is 2.69. The maximum atomic E-state index is 12.7. The number of aliphatic carboxylic acids is 1. The van der Waals surface area contributed by atoms with Crippen LogP contribution in [0.1, 0.15) is 113 Å². The predicted molar refractivity (Wildman–Crippen MR) is 133 cm³/mol. The maximum absolute atomic E-state index is 12.7. The molecule has 5 aliphatic carbocycles. The number of rotatable bonds is 1. The van der Waals surface area contributed by atoms with Gasteiger partial charge in [0.25, 0.3) is 0 Å². The zero-order valence-corrected chi connectivity index (χ0v) is 22.3. The summed E-state index contributed by atoms with van der Waals surface area (Å²) in [6, 6.07) is 0. The van der Waals surface area contributed by atoms with Crippen LogP contribution in [0.15, 0.2) is 11.6 Å². The summed E-state index contributed by atoms with van der Waals surface area (Å²) in [5.41, 5.74) is 1.40. The summed E-state index contributed by atoms with van der Waals surface area (Å²) in [5, 5.41) is 21.4. The van der Waals surface area contributed by atoms with E-state index in [1.807, 2.05) is 0 Å². The number of fused-ring (bicyclic) bond motifs is 7. The highest BCUT2D eigenvalue weighted by atomic mass is 16.4. The van der Waals surface area contributed by atoms with E-state index in [0.29, 0.717) is 17.8 Å². The second-order valence-corrected chi connectivity index (χ2v) is 15.0. The third-order valence-electron chi connectivity index (χ3n) is 13.0. The summed E-state index contributed by atoms with van der Waals surface area (Å²) in [6.07, 6.45) is 12.7. The maximum Gasteiger partial charge on any atom is 0.313 e. The molecule has 33 heavy (non-hydrogen) atoms. The molecule has 3 nitrogen and oxygen atoms in total. The van der Waals surface area contributed by atoms with Gasteiger partial charge in [0.1, 0.15) is 0 Å². The zero-order valence-electron chi connectivity index (χ0n) is 22.3. The quantitative estimate of drug-likeness (QED) is 0.409. The molecule has 5 rings (SSSR count). The van der Waals surface area contributed by atoms with Crippen molar-refractivity contribution in [1.29, 1.82) is 0 Å². The summed E-state index contributed by atoms with van der Waals surface area (Å²) >= 11 is 0. The van der Waals surface area contributed by atoms with Crippen LogP contribution in [0.3, 0.4) is 0 Å². The van der Waals surface area contributed by atoms with E-state index in [4.69, 9.17) is 0 Å². The number of hydrogen-bond acceptors (Lipinski definition) is 2. The number of carboxylic acids is 1. The molecule has 4 fully saturated rings. The second kappa shape index (κ2) is 6.89. The Hall–Kier alpha value is -0.830. The molecule has 8 atom stereocenters. The van der Waals surface area contributed by atoms with Gasteiger partial charge in [-0.2, -0.15) is 0 Å². The molecule has 0 aromatic rings. The van der Waals surface area contributed by atoms with E-state index in [2.05, 4.69) is 54.5 Å². The average molecular weight is 457 g/mol. The van der Waals surface area contributed by atoms with Gasteiger partial charge in [0.2, 0.25) is 0 Å². The van der Waals surface area contributed by atoms with E-state index >= 15 is 0 Å². The van der Waals surface area contributed by atoms with Gasteiger partial charge in [-0.15, -0.1) is 0 Å². The van der Waals surface area contributed by atoms with Crippen molar-refractivity contribution in [3.63, 3.8) is 0 Å². The minimum absolute atomic E-state index is 0.0208. The Kier molecular flexibility index (Phi) is 4.99. The van der Waals surface area contributed by atoms with Crippen molar-refractivity contribution in [1.82, 2.24) is 0 Å². The summed E-state index contributed by atoms with van der Waals surface area (Å²) in [7, 11) is 0. The van der Waals surface area contributed by atoms with E-state index < -0.39 is 11.4 Å². The van der Waals surface area contributed by atoms with Crippen molar-refractivity contribution in [2.75, 3.05) is 0 Å². The van der Waals surface area contributed by atoms with Crippen LogP contribution >= 0.6 is 0 Å². The zero-order chi connectivity index (χ0) is 24.2. The van der Waals surface area contributed by atoms with Crippen LogP contribution in [0.5, 0.6) is 0 Å². The Morgan fingerprint density at radius 2 is 1.45 bits per heavy atom. The van der Waals surface area contributed by atoms with Crippen LogP contribution in [0, 0.1) is 50.2 Å². The van der Waals surface area contributed by atoms with Gasteiger partial charge >= 0.3 is 5.97 Å². The first kappa shape index (κ1) is 23.9. The van der Waals surface area contributed by atoms with Crippen LogP contribution in [0.4, 0.5) is 0 Å². The van der Waals surface area contributed by atoms with Gasteiger partial charge in [0.15, 0.2) is 0 Å². The third-order valence-corrected chi connectivity index (χ3v) is 13.0. The number of carboxylic acid groups (broad SMARTS) is 1. The fraction of sp³-hybridized carbons (Fsp3) is 0.900. The van der Waals surface area contributed by atoms with E-state index in [0.717, 1.165) is 44.9 Å². The van der Waals surface area contributed by atoms with Crippen molar-refractivity contribution >= 4 is 5.97 Å². The normalized spacial score (nSPS) is 52.4. The van der Waals surface area contributed by atoms with Gasteiger partial charge in [-0.3, -0.25) is 4.79 Å². The molecule has 0 unspecified atom stereocenters. The molecule has 0 amide bonds. The van der Waals surface area contributed by atoms with Gasteiger partial charge < -0.3 is 10.2 Å². The highest BCUT2D eigenvalue weighted by molar-refractivity contribution is 5.80. The van der Waals surface area contributed by atoms with Crippen molar-refractivity contribution in [2.24, 2.45) is 50.2 Å². The van der Waals surface area contributed by atoms with Crippen LogP contribution in [-0.2, 0) is 4.79 Å². The third kappa shape index (κ3) is 2.87. The number of aliphatic hydroxyl groups excluding tert-OH is 1. The van der Waals surface area contributed by atoms with E-state index in [-0.39, 0.29) is 33.2 Å². The fourth-order valence-electron chi connectivity index (χ4n) is 10.7. The van der Waals surface area contributed by atoms with Crippen LogP contribution in [-0.4, -0.2) is 22.3 Å². The first-order valence-electron chi connectivity index (χ1n) is 13.8. The molecule has 0 heterocycles. The monoisotopic (exact) mass is 456 g/mol. The van der Waals surface area contributed by atoms with E-state index in [9.17, 15) is 15.0 Å². The van der Waals surface area contributed by atoms with Crippen LogP contribution < -0.4 is 0 Å². The molecular weight excluding hydrogens is 408 g/mol. The highest BCUT2D eigenvalue weighted by Crippen LogP contribution is 2.76. The first-order valence-corrected chi connectivity index (χ1v) is 13.8. The van der Waals surface area contributed by atoms with E-state index in [1.165, 1.54) is 24.8 Å². The minimum Gasteiger partial charge on any atom is -0.481 e. The molecule has 0 aromatic carbocycles. The summed E-state index contributed by atoms with van der Waals surface area (Å²) < 4.78 is 0. The van der Waals surface area contributed by atoms with Gasteiger partial charge in [0.05, 0.1) is 11.5 Å². The lowest BCUT2D eigenvalue weighted by Gasteiger charge is -2.72. The number of carbonyl (C=O) groups is 1. The molecule has 4 saturated carbocycles. The molecule has 0 spiro atoms. The molecule has 0 aliphatic heterocycles. The minimum atomic E-state index is -0.624. The molecule has 5 aliphatic rings. The smallest absolute Gasteiger partial charge is 0.313 e.